The fourth-order valence-corrected chi connectivity index (χ4v) is 5.40. The predicted octanol–water partition coefficient (Wildman–Crippen LogP) is 3.30. The van der Waals surface area contributed by atoms with Gasteiger partial charge in [0.25, 0.3) is 0 Å². The molecule has 6 heteroatoms. The van der Waals surface area contributed by atoms with Crippen LogP contribution in [-0.2, 0) is 23.7 Å². The normalized spacial score (nSPS) is 36.6. The molecule has 0 aromatic carbocycles. The smallest absolute Gasteiger partial charge is 0.306 e. The van der Waals surface area contributed by atoms with Gasteiger partial charge in [-0.25, -0.2) is 0 Å². The molecule has 3 aliphatic heterocycles. The van der Waals surface area contributed by atoms with Crippen LogP contribution < -0.4 is 0 Å². The number of hydrogen-bond donors (Lipinski definition) is 0. The molecular formula is C23H37NO5. The number of morpholine rings is 1. The first kappa shape index (κ1) is 21.3. The van der Waals surface area contributed by atoms with Crippen molar-refractivity contribution in [1.82, 2.24) is 4.90 Å². The molecule has 0 bridgehead atoms. The number of nitrogens with zero attached hydrogens (tertiary/aromatic N) is 1. The molecule has 1 aliphatic carbocycles. The summed E-state index contributed by atoms with van der Waals surface area (Å²) in [5.41, 5.74) is 0. The second kappa shape index (κ2) is 10.4. The Kier molecular flexibility index (Phi) is 7.62. The van der Waals surface area contributed by atoms with Crippen molar-refractivity contribution in [1.29, 1.82) is 0 Å². The van der Waals surface area contributed by atoms with Gasteiger partial charge in [0.2, 0.25) is 0 Å². The van der Waals surface area contributed by atoms with Crippen molar-refractivity contribution in [3.05, 3.63) is 12.2 Å². The van der Waals surface area contributed by atoms with Crippen LogP contribution in [0.4, 0.5) is 0 Å². The molecule has 3 heterocycles. The largest absolute Gasteiger partial charge is 0.462 e. The quantitative estimate of drug-likeness (QED) is 0.332. The number of rotatable bonds is 9. The van der Waals surface area contributed by atoms with Gasteiger partial charge < -0.3 is 18.9 Å². The number of ether oxygens (including phenoxy) is 4. The van der Waals surface area contributed by atoms with E-state index in [1.807, 2.05) is 0 Å². The Balaban J connectivity index is 1.44. The number of unbranched alkanes of at least 4 members (excludes halogenated alkanes) is 2. The minimum atomic E-state index is -0.0611. The highest BCUT2D eigenvalue weighted by Crippen LogP contribution is 2.44. The molecule has 1 saturated carbocycles. The van der Waals surface area contributed by atoms with Crippen LogP contribution in [-0.4, -0.2) is 68.3 Å². The summed E-state index contributed by atoms with van der Waals surface area (Å²) >= 11 is 0. The van der Waals surface area contributed by atoms with Crippen LogP contribution in [0, 0.1) is 11.8 Å². The second-order valence-electron chi connectivity index (χ2n) is 8.92. The van der Waals surface area contributed by atoms with E-state index in [2.05, 4.69) is 24.0 Å². The first-order valence-electron chi connectivity index (χ1n) is 11.7. The first-order chi connectivity index (χ1) is 14.2. The summed E-state index contributed by atoms with van der Waals surface area (Å²) in [6, 6.07) is 0.428. The summed E-state index contributed by atoms with van der Waals surface area (Å²) in [6.45, 7) is 6.56. The van der Waals surface area contributed by atoms with Crippen LogP contribution in [0.1, 0.15) is 58.3 Å². The third-order valence-electron chi connectivity index (χ3n) is 6.94. The minimum absolute atomic E-state index is 0.0334. The highest BCUT2D eigenvalue weighted by molar-refractivity contribution is 5.72. The van der Waals surface area contributed by atoms with Gasteiger partial charge in [-0.2, -0.15) is 0 Å². The lowest BCUT2D eigenvalue weighted by Gasteiger charge is -2.35. The van der Waals surface area contributed by atoms with E-state index >= 15 is 0 Å². The Labute approximate surface area is 174 Å². The van der Waals surface area contributed by atoms with E-state index in [-0.39, 0.29) is 24.5 Å². The zero-order valence-electron chi connectivity index (χ0n) is 17.8. The Morgan fingerprint density at radius 2 is 2.10 bits per heavy atom. The molecule has 0 aromatic heterocycles. The number of fused-ring (bicyclic) bond motifs is 1. The van der Waals surface area contributed by atoms with Crippen molar-refractivity contribution in [3.8, 4) is 0 Å². The lowest BCUT2D eigenvalue weighted by Crippen LogP contribution is -2.45. The molecule has 1 unspecified atom stereocenters. The van der Waals surface area contributed by atoms with E-state index in [0.29, 0.717) is 24.3 Å². The molecule has 164 valence electrons. The SMILES string of the molecule is CCCCC[C@@H](/C=C/[C@@H]1[C@H]2CC(=O)O[C@H]2C[C@H]1N1CCOCC1)OC1CCCO1. The maximum absolute atomic E-state index is 11.9. The van der Waals surface area contributed by atoms with Crippen LogP contribution in [0.15, 0.2) is 12.2 Å². The van der Waals surface area contributed by atoms with E-state index in [1.165, 1.54) is 19.3 Å². The Hall–Kier alpha value is -0.950. The minimum Gasteiger partial charge on any atom is -0.462 e. The fraction of sp³-hybridized carbons (Fsp3) is 0.870. The summed E-state index contributed by atoms with van der Waals surface area (Å²) < 4.78 is 23.2. The molecule has 4 rings (SSSR count). The third-order valence-corrected chi connectivity index (χ3v) is 6.94. The lowest BCUT2D eigenvalue weighted by atomic mass is 9.89. The van der Waals surface area contributed by atoms with Gasteiger partial charge in [-0.1, -0.05) is 38.3 Å². The highest BCUT2D eigenvalue weighted by atomic mass is 16.7. The Morgan fingerprint density at radius 1 is 1.24 bits per heavy atom. The van der Waals surface area contributed by atoms with E-state index in [1.54, 1.807) is 0 Å². The van der Waals surface area contributed by atoms with E-state index in [9.17, 15) is 4.79 Å². The monoisotopic (exact) mass is 407 g/mol. The Bertz CT molecular complexity index is 555. The third kappa shape index (κ3) is 5.40. The molecule has 0 aromatic rings. The van der Waals surface area contributed by atoms with Crippen LogP contribution in [0.5, 0.6) is 0 Å². The topological polar surface area (TPSA) is 57.2 Å². The van der Waals surface area contributed by atoms with E-state index in [4.69, 9.17) is 18.9 Å². The molecule has 6 nitrogen and oxygen atoms in total. The maximum Gasteiger partial charge on any atom is 0.306 e. The van der Waals surface area contributed by atoms with Gasteiger partial charge in [-0.15, -0.1) is 0 Å². The van der Waals surface area contributed by atoms with Crippen LogP contribution in [0.25, 0.3) is 0 Å². The molecule has 6 atom stereocenters. The summed E-state index contributed by atoms with van der Waals surface area (Å²) in [6.07, 6.45) is 12.9. The van der Waals surface area contributed by atoms with Gasteiger partial charge in [0.15, 0.2) is 6.29 Å². The fourth-order valence-electron chi connectivity index (χ4n) is 5.40. The predicted molar refractivity (Wildman–Crippen MR) is 109 cm³/mol. The maximum atomic E-state index is 11.9. The first-order valence-corrected chi connectivity index (χ1v) is 11.7. The summed E-state index contributed by atoms with van der Waals surface area (Å²) in [4.78, 5) is 14.4. The lowest BCUT2D eigenvalue weighted by molar-refractivity contribution is -0.141. The Morgan fingerprint density at radius 3 is 2.86 bits per heavy atom. The van der Waals surface area contributed by atoms with E-state index < -0.39 is 0 Å². The van der Waals surface area contributed by atoms with Gasteiger partial charge in [-0.3, -0.25) is 9.69 Å². The van der Waals surface area contributed by atoms with Gasteiger partial charge in [0.05, 0.1) is 25.7 Å². The molecule has 0 spiro atoms. The summed E-state index contributed by atoms with van der Waals surface area (Å²) in [5.74, 6) is 0.603. The van der Waals surface area contributed by atoms with Crippen molar-refractivity contribution in [2.24, 2.45) is 11.8 Å². The van der Waals surface area contributed by atoms with Gasteiger partial charge >= 0.3 is 5.97 Å². The number of hydrogen-bond acceptors (Lipinski definition) is 6. The molecule has 0 N–H and O–H groups in total. The average molecular weight is 408 g/mol. The standard InChI is InChI=1S/C23H37NO5/c1-2-3-4-6-17(28-23-7-5-12-27-23)8-9-18-19-15-22(25)29-21(19)16-20(18)24-10-13-26-14-11-24/h8-9,17-21,23H,2-7,10-16H2,1H3/b9-8+/t17-,18+,19+,20+,21-,23?/m0/s1. The van der Waals surface area contributed by atoms with Crippen molar-refractivity contribution >= 4 is 5.97 Å². The van der Waals surface area contributed by atoms with Crippen LogP contribution in [0.3, 0.4) is 0 Å². The van der Waals surface area contributed by atoms with Crippen molar-refractivity contribution in [2.75, 3.05) is 32.9 Å². The second-order valence-corrected chi connectivity index (χ2v) is 8.92. The molecular weight excluding hydrogens is 370 g/mol. The zero-order chi connectivity index (χ0) is 20.1. The molecule has 0 radical (unpaired) electrons. The number of carbonyl (C=O) groups excluding carboxylic acids is 1. The van der Waals surface area contributed by atoms with Crippen molar-refractivity contribution in [3.63, 3.8) is 0 Å². The molecule has 4 fully saturated rings. The number of carbonyl (C=O) groups is 1. The van der Waals surface area contributed by atoms with Gasteiger partial charge in [0, 0.05) is 44.5 Å². The highest BCUT2D eigenvalue weighted by Gasteiger charge is 2.50. The van der Waals surface area contributed by atoms with E-state index in [0.717, 1.165) is 58.6 Å². The molecule has 0 amide bonds. The number of esters is 1. The molecule has 29 heavy (non-hydrogen) atoms. The molecule has 4 aliphatic rings. The van der Waals surface area contributed by atoms with Crippen LogP contribution >= 0.6 is 0 Å². The molecule has 3 saturated heterocycles. The van der Waals surface area contributed by atoms with Crippen LogP contribution in [0.2, 0.25) is 0 Å². The van der Waals surface area contributed by atoms with Gasteiger partial charge in [0.1, 0.15) is 6.10 Å². The van der Waals surface area contributed by atoms with Crippen molar-refractivity contribution in [2.45, 2.75) is 82.8 Å². The van der Waals surface area contributed by atoms with Crippen molar-refractivity contribution < 1.29 is 23.7 Å². The zero-order valence-corrected chi connectivity index (χ0v) is 17.8. The van der Waals surface area contributed by atoms with Gasteiger partial charge in [-0.05, 0) is 18.8 Å². The summed E-state index contributed by atoms with van der Waals surface area (Å²) in [5, 5.41) is 0. The average Bonchev–Trinajstić information content (AvgIpc) is 3.43. The summed E-state index contributed by atoms with van der Waals surface area (Å²) in [7, 11) is 0.